The topological polar surface area (TPSA) is 78.7 Å². The number of rotatable bonds is 8. The minimum Gasteiger partial charge on any atom is -0.372 e. The summed E-state index contributed by atoms with van der Waals surface area (Å²) in [6.07, 6.45) is 0. The number of nitrogens with one attached hydrogen (secondary N) is 1. The van der Waals surface area contributed by atoms with Crippen LogP contribution in [-0.2, 0) is 0 Å². The van der Waals surface area contributed by atoms with E-state index < -0.39 is 4.92 Å². The Labute approximate surface area is 159 Å². The van der Waals surface area contributed by atoms with Gasteiger partial charge in [0.05, 0.1) is 4.92 Å². The second-order valence-electron chi connectivity index (χ2n) is 6.48. The number of para-hydroxylation sites is 1. The summed E-state index contributed by atoms with van der Waals surface area (Å²) in [6.45, 7) is 6.05. The summed E-state index contributed by atoms with van der Waals surface area (Å²) in [6, 6.07) is 12.6. The fourth-order valence-corrected chi connectivity index (χ4v) is 2.96. The number of likely N-dealkylation sites (N-methyl/N-ethyl adjacent to an activating group) is 1. The molecule has 0 heterocycles. The number of hydrogen-bond donors (Lipinski definition) is 1. The van der Waals surface area contributed by atoms with Crippen molar-refractivity contribution in [3.05, 3.63) is 63.7 Å². The number of amides is 1. The lowest BCUT2D eigenvalue weighted by molar-refractivity contribution is -0.384. The Bertz CT molecular complexity index is 821. The first-order valence-corrected chi connectivity index (χ1v) is 8.89. The monoisotopic (exact) mass is 370 g/mol. The van der Waals surface area contributed by atoms with Crippen LogP contribution in [0.25, 0.3) is 0 Å². The molecule has 0 atom stereocenters. The standard InChI is InChI=1S/C20H26N4O3/c1-5-23(17-9-7-6-8-15(17)2)13-12-21-20(25)16-10-11-18(22(3)4)19(14-16)24(26)27/h6-11,14H,5,12-13H2,1-4H3,(H,21,25). The third-order valence-electron chi connectivity index (χ3n) is 4.42. The molecule has 0 aliphatic heterocycles. The number of nitro groups is 1. The number of nitro benzene ring substituents is 1. The van der Waals surface area contributed by atoms with Crippen LogP contribution in [0.1, 0.15) is 22.8 Å². The first kappa shape index (κ1) is 20.2. The average molecular weight is 370 g/mol. The molecule has 0 spiro atoms. The lowest BCUT2D eigenvalue weighted by Crippen LogP contribution is -2.35. The van der Waals surface area contributed by atoms with Gasteiger partial charge in [-0.25, -0.2) is 0 Å². The zero-order valence-corrected chi connectivity index (χ0v) is 16.2. The largest absolute Gasteiger partial charge is 0.372 e. The number of carbonyl (C=O) groups excluding carboxylic acids is 1. The van der Waals surface area contributed by atoms with Crippen LogP contribution in [0, 0.1) is 17.0 Å². The average Bonchev–Trinajstić information content (AvgIpc) is 2.65. The second kappa shape index (κ2) is 9.02. The van der Waals surface area contributed by atoms with Gasteiger partial charge in [0.15, 0.2) is 0 Å². The molecule has 27 heavy (non-hydrogen) atoms. The zero-order valence-electron chi connectivity index (χ0n) is 16.2. The molecule has 0 aliphatic rings. The fourth-order valence-electron chi connectivity index (χ4n) is 2.96. The van der Waals surface area contributed by atoms with Gasteiger partial charge in [0.25, 0.3) is 11.6 Å². The normalized spacial score (nSPS) is 10.4. The van der Waals surface area contributed by atoms with E-state index in [2.05, 4.69) is 36.2 Å². The minimum atomic E-state index is -0.469. The molecular formula is C20H26N4O3. The lowest BCUT2D eigenvalue weighted by atomic mass is 10.1. The Balaban J connectivity index is 2.04. The second-order valence-corrected chi connectivity index (χ2v) is 6.48. The number of benzene rings is 2. The number of nitrogens with zero attached hydrogens (tertiary/aromatic N) is 3. The molecule has 1 amide bonds. The molecule has 0 saturated heterocycles. The fraction of sp³-hybridized carbons (Fsp3) is 0.350. The molecule has 0 unspecified atom stereocenters. The number of hydrogen-bond acceptors (Lipinski definition) is 5. The van der Waals surface area contributed by atoms with Crippen molar-refractivity contribution in [2.45, 2.75) is 13.8 Å². The van der Waals surface area contributed by atoms with Crippen LogP contribution in [0.4, 0.5) is 17.1 Å². The molecule has 7 nitrogen and oxygen atoms in total. The van der Waals surface area contributed by atoms with Crippen LogP contribution in [0.5, 0.6) is 0 Å². The van der Waals surface area contributed by atoms with Gasteiger partial charge >= 0.3 is 0 Å². The Morgan fingerprint density at radius 3 is 2.44 bits per heavy atom. The van der Waals surface area contributed by atoms with Gasteiger partial charge in [0.1, 0.15) is 5.69 Å². The molecular weight excluding hydrogens is 344 g/mol. The molecule has 2 rings (SSSR count). The maximum atomic E-state index is 12.4. The van der Waals surface area contributed by atoms with Crippen molar-refractivity contribution in [2.24, 2.45) is 0 Å². The predicted octanol–water partition coefficient (Wildman–Crippen LogP) is 3.23. The molecule has 144 valence electrons. The van der Waals surface area contributed by atoms with E-state index in [9.17, 15) is 14.9 Å². The van der Waals surface area contributed by atoms with Crippen LogP contribution in [-0.4, -0.2) is 44.6 Å². The van der Waals surface area contributed by atoms with Crippen LogP contribution in [0.2, 0.25) is 0 Å². The van der Waals surface area contributed by atoms with E-state index in [1.54, 1.807) is 31.1 Å². The number of aryl methyl sites for hydroxylation is 1. The Kier molecular flexibility index (Phi) is 6.76. The molecule has 1 N–H and O–H groups in total. The van der Waals surface area contributed by atoms with Crippen LogP contribution in [0.15, 0.2) is 42.5 Å². The number of carbonyl (C=O) groups is 1. The molecule has 0 saturated carbocycles. The van der Waals surface area contributed by atoms with Crippen LogP contribution >= 0.6 is 0 Å². The van der Waals surface area contributed by atoms with E-state index in [0.717, 1.165) is 12.2 Å². The lowest BCUT2D eigenvalue weighted by Gasteiger charge is -2.25. The van der Waals surface area contributed by atoms with E-state index in [1.165, 1.54) is 11.6 Å². The highest BCUT2D eigenvalue weighted by atomic mass is 16.6. The van der Waals surface area contributed by atoms with Crippen molar-refractivity contribution in [1.29, 1.82) is 0 Å². The van der Waals surface area contributed by atoms with Gasteiger partial charge in [-0.1, -0.05) is 18.2 Å². The molecule has 0 fully saturated rings. The minimum absolute atomic E-state index is 0.0808. The smallest absolute Gasteiger partial charge is 0.293 e. The maximum absolute atomic E-state index is 12.4. The van der Waals surface area contributed by atoms with E-state index >= 15 is 0 Å². The van der Waals surface area contributed by atoms with Crippen molar-refractivity contribution in [2.75, 3.05) is 43.5 Å². The van der Waals surface area contributed by atoms with Crippen molar-refractivity contribution in [3.8, 4) is 0 Å². The maximum Gasteiger partial charge on any atom is 0.293 e. The SMILES string of the molecule is CCN(CCNC(=O)c1ccc(N(C)C)c([N+](=O)[O-])c1)c1ccccc1C. The zero-order chi connectivity index (χ0) is 20.0. The highest BCUT2D eigenvalue weighted by molar-refractivity contribution is 5.95. The molecule has 2 aromatic rings. The van der Waals surface area contributed by atoms with Crippen molar-refractivity contribution in [1.82, 2.24) is 5.32 Å². The van der Waals surface area contributed by atoms with Crippen molar-refractivity contribution >= 4 is 23.0 Å². The van der Waals surface area contributed by atoms with Gasteiger partial charge < -0.3 is 15.1 Å². The molecule has 2 aromatic carbocycles. The van der Waals surface area contributed by atoms with Gasteiger partial charge in [0.2, 0.25) is 0 Å². The van der Waals surface area contributed by atoms with Crippen LogP contribution in [0.3, 0.4) is 0 Å². The van der Waals surface area contributed by atoms with Gasteiger partial charge in [0, 0.05) is 51.0 Å². The highest BCUT2D eigenvalue weighted by Crippen LogP contribution is 2.27. The number of anilines is 2. The van der Waals surface area contributed by atoms with E-state index in [1.807, 2.05) is 12.1 Å². The van der Waals surface area contributed by atoms with Gasteiger partial charge in [-0.05, 0) is 37.6 Å². The van der Waals surface area contributed by atoms with Gasteiger partial charge in [-0.2, -0.15) is 0 Å². The first-order chi connectivity index (χ1) is 12.8. The molecule has 0 aromatic heterocycles. The molecule has 0 aliphatic carbocycles. The van der Waals surface area contributed by atoms with E-state index in [4.69, 9.17) is 0 Å². The summed E-state index contributed by atoms with van der Waals surface area (Å²) in [5.74, 6) is -0.316. The molecule has 0 radical (unpaired) electrons. The quantitative estimate of drug-likeness (QED) is 0.570. The summed E-state index contributed by atoms with van der Waals surface area (Å²) in [7, 11) is 3.46. The summed E-state index contributed by atoms with van der Waals surface area (Å²) >= 11 is 0. The molecule has 0 bridgehead atoms. The Hall–Kier alpha value is -3.09. The third-order valence-corrected chi connectivity index (χ3v) is 4.42. The van der Waals surface area contributed by atoms with Crippen LogP contribution < -0.4 is 15.1 Å². The summed E-state index contributed by atoms with van der Waals surface area (Å²) in [4.78, 5) is 27.1. The summed E-state index contributed by atoms with van der Waals surface area (Å²) in [5, 5.41) is 14.1. The van der Waals surface area contributed by atoms with E-state index in [-0.39, 0.29) is 17.2 Å². The van der Waals surface area contributed by atoms with Gasteiger partial charge in [-0.15, -0.1) is 0 Å². The predicted molar refractivity (Wildman–Crippen MR) is 109 cm³/mol. The third kappa shape index (κ3) is 4.97. The van der Waals surface area contributed by atoms with E-state index in [0.29, 0.717) is 18.8 Å². The van der Waals surface area contributed by atoms with Crippen molar-refractivity contribution in [3.63, 3.8) is 0 Å². The highest BCUT2D eigenvalue weighted by Gasteiger charge is 2.18. The first-order valence-electron chi connectivity index (χ1n) is 8.89. The Morgan fingerprint density at radius 1 is 1.15 bits per heavy atom. The Morgan fingerprint density at radius 2 is 1.85 bits per heavy atom. The summed E-state index contributed by atoms with van der Waals surface area (Å²) in [5.41, 5.74) is 2.99. The summed E-state index contributed by atoms with van der Waals surface area (Å²) < 4.78 is 0. The van der Waals surface area contributed by atoms with Gasteiger partial charge in [-0.3, -0.25) is 14.9 Å². The van der Waals surface area contributed by atoms with Crippen molar-refractivity contribution < 1.29 is 9.72 Å². The molecule has 7 heteroatoms.